The highest BCUT2D eigenvalue weighted by molar-refractivity contribution is 5.83. The van der Waals surface area contributed by atoms with E-state index in [1.165, 1.54) is 11.0 Å². The second-order valence-electron chi connectivity index (χ2n) is 5.60. The average molecular weight is 297 g/mol. The molecule has 0 bridgehead atoms. The predicted molar refractivity (Wildman–Crippen MR) is 90.8 cm³/mol. The molecule has 0 aromatic heterocycles. The number of carbonyl (C=O) groups excluding carboxylic acids is 1. The van der Waals surface area contributed by atoms with Crippen molar-refractivity contribution in [2.75, 3.05) is 6.54 Å². The quantitative estimate of drug-likeness (QED) is 0.588. The van der Waals surface area contributed by atoms with E-state index in [9.17, 15) is 4.79 Å². The average Bonchev–Trinajstić information content (AvgIpc) is 2.52. The number of nitrogens with one attached hydrogen (secondary N) is 1. The predicted octanol–water partition coefficient (Wildman–Crippen LogP) is 4.81. The number of rotatable bonds is 7. The van der Waals surface area contributed by atoms with Crippen LogP contribution in [0.5, 0.6) is 0 Å². The van der Waals surface area contributed by atoms with E-state index in [4.69, 9.17) is 4.74 Å². The molecular formula is C19H23NO2. The van der Waals surface area contributed by atoms with Gasteiger partial charge in [-0.2, -0.15) is 0 Å². The number of unbranched alkanes of at least 4 members (excludes halogenated alkanes) is 1. The van der Waals surface area contributed by atoms with Crippen molar-refractivity contribution in [1.29, 1.82) is 0 Å². The van der Waals surface area contributed by atoms with Gasteiger partial charge in [0.2, 0.25) is 0 Å². The van der Waals surface area contributed by atoms with Crippen LogP contribution in [0.25, 0.3) is 10.8 Å². The van der Waals surface area contributed by atoms with E-state index in [1.807, 2.05) is 31.2 Å². The van der Waals surface area contributed by atoms with E-state index in [0.717, 1.165) is 30.2 Å². The Bertz CT molecular complexity index is 649. The highest BCUT2D eigenvalue weighted by Gasteiger charge is 2.03. The van der Waals surface area contributed by atoms with Gasteiger partial charge in [0.15, 0.2) is 0 Å². The molecule has 116 valence electrons. The lowest BCUT2D eigenvalue weighted by molar-refractivity contribution is 0.139. The van der Waals surface area contributed by atoms with Gasteiger partial charge in [-0.15, -0.1) is 6.58 Å². The second-order valence-corrected chi connectivity index (χ2v) is 5.60. The summed E-state index contributed by atoms with van der Waals surface area (Å²) in [5.74, 6) is 0. The van der Waals surface area contributed by atoms with Crippen LogP contribution >= 0.6 is 0 Å². The minimum atomic E-state index is -0.358. The molecule has 0 radical (unpaired) electrons. The molecule has 0 aliphatic rings. The van der Waals surface area contributed by atoms with Crippen molar-refractivity contribution >= 4 is 16.9 Å². The largest absolute Gasteiger partial charge is 0.445 e. The molecule has 0 fully saturated rings. The van der Waals surface area contributed by atoms with Crippen molar-refractivity contribution in [3.05, 3.63) is 60.2 Å². The number of hydrogen-bond acceptors (Lipinski definition) is 2. The van der Waals surface area contributed by atoms with Crippen LogP contribution in [-0.4, -0.2) is 12.6 Å². The molecule has 0 heterocycles. The van der Waals surface area contributed by atoms with Crippen molar-refractivity contribution in [3.8, 4) is 0 Å². The maximum atomic E-state index is 11.6. The molecule has 22 heavy (non-hydrogen) atoms. The molecule has 0 spiro atoms. The SMILES string of the molecule is C=C(C)CCCCNC(=O)OCc1ccc2ccccc2c1. The first-order valence-electron chi connectivity index (χ1n) is 7.68. The van der Waals surface area contributed by atoms with E-state index < -0.39 is 0 Å². The molecule has 0 unspecified atom stereocenters. The van der Waals surface area contributed by atoms with Crippen LogP contribution in [0.1, 0.15) is 31.7 Å². The van der Waals surface area contributed by atoms with Gasteiger partial charge in [0.1, 0.15) is 6.61 Å². The Hall–Kier alpha value is -2.29. The Morgan fingerprint density at radius 3 is 2.68 bits per heavy atom. The van der Waals surface area contributed by atoms with Crippen molar-refractivity contribution in [2.24, 2.45) is 0 Å². The van der Waals surface area contributed by atoms with Gasteiger partial charge in [-0.25, -0.2) is 4.79 Å². The third-order valence-electron chi connectivity index (χ3n) is 3.48. The summed E-state index contributed by atoms with van der Waals surface area (Å²) in [4.78, 5) is 11.6. The van der Waals surface area contributed by atoms with Gasteiger partial charge < -0.3 is 10.1 Å². The molecule has 1 N–H and O–H groups in total. The van der Waals surface area contributed by atoms with Gasteiger partial charge in [-0.05, 0) is 48.6 Å². The Morgan fingerprint density at radius 1 is 1.14 bits per heavy atom. The normalized spacial score (nSPS) is 10.4. The minimum absolute atomic E-state index is 0.294. The summed E-state index contributed by atoms with van der Waals surface area (Å²) in [5, 5.41) is 5.12. The Morgan fingerprint density at radius 2 is 1.91 bits per heavy atom. The van der Waals surface area contributed by atoms with Crippen LogP contribution in [-0.2, 0) is 11.3 Å². The van der Waals surface area contributed by atoms with Crippen molar-refractivity contribution in [3.63, 3.8) is 0 Å². The van der Waals surface area contributed by atoms with Crippen LogP contribution in [0.2, 0.25) is 0 Å². The molecule has 0 aliphatic heterocycles. The van der Waals surface area contributed by atoms with Gasteiger partial charge >= 0.3 is 6.09 Å². The standard InChI is InChI=1S/C19H23NO2/c1-15(2)7-5-6-12-20-19(21)22-14-16-10-11-17-8-3-4-9-18(17)13-16/h3-4,8-11,13H,1,5-7,12,14H2,2H3,(H,20,21). The number of allylic oxidation sites excluding steroid dienone is 1. The molecular weight excluding hydrogens is 274 g/mol. The van der Waals surface area contributed by atoms with E-state index in [0.29, 0.717) is 13.2 Å². The molecule has 1 amide bonds. The topological polar surface area (TPSA) is 38.3 Å². The van der Waals surface area contributed by atoms with Crippen molar-refractivity contribution < 1.29 is 9.53 Å². The molecule has 3 heteroatoms. The summed E-state index contributed by atoms with van der Waals surface area (Å²) in [5.41, 5.74) is 2.18. The molecule has 0 atom stereocenters. The van der Waals surface area contributed by atoms with E-state index >= 15 is 0 Å². The molecule has 0 saturated heterocycles. The lowest BCUT2D eigenvalue weighted by atomic mass is 10.1. The number of fused-ring (bicyclic) bond motifs is 1. The van der Waals surface area contributed by atoms with Crippen molar-refractivity contribution in [1.82, 2.24) is 5.32 Å². The zero-order valence-electron chi connectivity index (χ0n) is 13.1. The monoisotopic (exact) mass is 297 g/mol. The summed E-state index contributed by atoms with van der Waals surface area (Å²) < 4.78 is 5.24. The molecule has 2 aromatic carbocycles. The smallest absolute Gasteiger partial charge is 0.407 e. The van der Waals surface area contributed by atoms with Crippen LogP contribution in [0.15, 0.2) is 54.6 Å². The number of ether oxygens (including phenoxy) is 1. The molecule has 0 saturated carbocycles. The van der Waals surface area contributed by atoms with E-state index in [2.05, 4.69) is 30.1 Å². The molecule has 2 rings (SSSR count). The Labute approximate surface area is 132 Å². The third-order valence-corrected chi connectivity index (χ3v) is 3.48. The minimum Gasteiger partial charge on any atom is -0.445 e. The fraction of sp³-hybridized carbons (Fsp3) is 0.316. The second kappa shape index (κ2) is 8.23. The van der Waals surface area contributed by atoms with E-state index in [-0.39, 0.29) is 6.09 Å². The first kappa shape index (κ1) is 16.1. The fourth-order valence-corrected chi connectivity index (χ4v) is 2.27. The van der Waals surface area contributed by atoms with Crippen LogP contribution in [0.4, 0.5) is 4.79 Å². The third kappa shape index (κ3) is 5.24. The summed E-state index contributed by atoms with van der Waals surface area (Å²) in [6, 6.07) is 14.2. The van der Waals surface area contributed by atoms with Gasteiger partial charge in [0.25, 0.3) is 0 Å². The number of benzene rings is 2. The molecule has 0 aliphatic carbocycles. The fourth-order valence-electron chi connectivity index (χ4n) is 2.27. The Balaban J connectivity index is 1.72. The highest BCUT2D eigenvalue weighted by atomic mass is 16.5. The zero-order valence-corrected chi connectivity index (χ0v) is 13.1. The maximum Gasteiger partial charge on any atom is 0.407 e. The molecule has 3 nitrogen and oxygen atoms in total. The number of alkyl carbamates (subject to hydrolysis) is 1. The van der Waals surface area contributed by atoms with Crippen LogP contribution < -0.4 is 5.32 Å². The first-order chi connectivity index (χ1) is 10.6. The van der Waals surface area contributed by atoms with Crippen LogP contribution in [0, 0.1) is 0 Å². The number of carbonyl (C=O) groups is 1. The van der Waals surface area contributed by atoms with Gasteiger partial charge in [0.05, 0.1) is 0 Å². The Kier molecular flexibility index (Phi) is 6.01. The summed E-state index contributed by atoms with van der Waals surface area (Å²) >= 11 is 0. The summed E-state index contributed by atoms with van der Waals surface area (Å²) in [6.45, 7) is 6.82. The summed E-state index contributed by atoms with van der Waals surface area (Å²) in [7, 11) is 0. The van der Waals surface area contributed by atoms with Crippen LogP contribution in [0.3, 0.4) is 0 Å². The molecule has 2 aromatic rings. The van der Waals surface area contributed by atoms with Crippen molar-refractivity contribution in [2.45, 2.75) is 32.8 Å². The van der Waals surface area contributed by atoms with E-state index in [1.54, 1.807) is 0 Å². The van der Waals surface area contributed by atoms with Gasteiger partial charge in [0, 0.05) is 6.54 Å². The highest BCUT2D eigenvalue weighted by Crippen LogP contribution is 2.16. The maximum absolute atomic E-state index is 11.6. The lowest BCUT2D eigenvalue weighted by Crippen LogP contribution is -2.25. The van der Waals surface area contributed by atoms with Gasteiger partial charge in [-0.1, -0.05) is 42.0 Å². The van der Waals surface area contributed by atoms with Gasteiger partial charge in [-0.3, -0.25) is 0 Å². The number of amides is 1. The first-order valence-corrected chi connectivity index (χ1v) is 7.68. The lowest BCUT2D eigenvalue weighted by Gasteiger charge is -2.08. The summed E-state index contributed by atoms with van der Waals surface area (Å²) in [6.07, 6.45) is 2.63. The number of hydrogen-bond donors (Lipinski definition) is 1. The zero-order chi connectivity index (χ0) is 15.8.